The Morgan fingerprint density at radius 2 is 1.04 bits per heavy atom. The first kappa shape index (κ1) is 19.3. The zero-order valence-corrected chi connectivity index (χ0v) is 16.1. The number of morpholine rings is 2. The molecule has 1 aliphatic carbocycles. The van der Waals surface area contributed by atoms with Crippen molar-refractivity contribution in [3.05, 3.63) is 0 Å². The minimum atomic E-state index is -0.541. The van der Waals surface area contributed by atoms with Gasteiger partial charge in [0.15, 0.2) is 0 Å². The molecule has 3 fully saturated rings. The van der Waals surface area contributed by atoms with Crippen LogP contribution in [-0.4, -0.2) is 78.0 Å². The van der Waals surface area contributed by atoms with Gasteiger partial charge in [0.05, 0.1) is 36.3 Å². The summed E-state index contributed by atoms with van der Waals surface area (Å²) in [6, 6.07) is 0. The minimum absolute atomic E-state index is 0.00501. The van der Waals surface area contributed by atoms with Crippen LogP contribution in [0.4, 0.5) is 0 Å². The van der Waals surface area contributed by atoms with E-state index in [2.05, 4.69) is 0 Å². The maximum atomic E-state index is 13.1. The normalized spacial score (nSPS) is 38.5. The van der Waals surface area contributed by atoms with E-state index in [9.17, 15) is 14.4 Å². The third-order valence-electron chi connectivity index (χ3n) is 5.48. The number of ketones is 1. The number of Topliss-reactive ketones (excluding diaryl/α,β-unsaturated/α-hetero) is 1. The summed E-state index contributed by atoms with van der Waals surface area (Å²) in [4.78, 5) is 41.8. The van der Waals surface area contributed by atoms with Gasteiger partial charge in [-0.3, -0.25) is 14.4 Å². The van der Waals surface area contributed by atoms with Crippen molar-refractivity contribution in [3.63, 3.8) is 0 Å². The van der Waals surface area contributed by atoms with Crippen molar-refractivity contribution in [1.29, 1.82) is 0 Å². The van der Waals surface area contributed by atoms with E-state index in [1.54, 1.807) is 9.80 Å². The van der Waals surface area contributed by atoms with Crippen LogP contribution < -0.4 is 0 Å². The van der Waals surface area contributed by atoms with Crippen LogP contribution in [-0.2, 0) is 23.9 Å². The molecule has 0 aromatic heterocycles. The van der Waals surface area contributed by atoms with Gasteiger partial charge in [0.1, 0.15) is 5.78 Å². The molecule has 2 aliphatic heterocycles. The summed E-state index contributed by atoms with van der Waals surface area (Å²) in [5.74, 6) is -1.23. The molecule has 2 heterocycles. The fraction of sp³-hybridized carbons (Fsp3) is 0.842. The van der Waals surface area contributed by atoms with Crippen molar-refractivity contribution in [2.75, 3.05) is 26.2 Å². The van der Waals surface area contributed by atoms with Crippen LogP contribution in [0.5, 0.6) is 0 Å². The molecule has 7 heteroatoms. The number of ether oxygens (including phenoxy) is 2. The fourth-order valence-corrected chi connectivity index (χ4v) is 4.56. The molecule has 2 amide bonds. The molecule has 146 valence electrons. The molecule has 2 saturated heterocycles. The minimum Gasteiger partial charge on any atom is -0.372 e. The molecule has 3 rings (SSSR count). The van der Waals surface area contributed by atoms with E-state index >= 15 is 0 Å². The lowest BCUT2D eigenvalue weighted by molar-refractivity contribution is -0.156. The molecular weight excluding hydrogens is 336 g/mol. The van der Waals surface area contributed by atoms with E-state index in [1.165, 1.54) is 0 Å². The molecule has 0 N–H and O–H groups in total. The van der Waals surface area contributed by atoms with Crippen LogP contribution in [0.2, 0.25) is 0 Å². The van der Waals surface area contributed by atoms with Crippen molar-refractivity contribution in [3.8, 4) is 0 Å². The lowest BCUT2D eigenvalue weighted by Gasteiger charge is -2.39. The monoisotopic (exact) mass is 366 g/mol. The lowest BCUT2D eigenvalue weighted by atomic mass is 9.92. The molecule has 26 heavy (non-hydrogen) atoms. The second-order valence-corrected chi connectivity index (χ2v) is 8.16. The molecule has 0 unspecified atom stereocenters. The Hall–Kier alpha value is -1.47. The maximum absolute atomic E-state index is 13.1. The highest BCUT2D eigenvalue weighted by molar-refractivity contribution is 5.98. The van der Waals surface area contributed by atoms with Crippen molar-refractivity contribution >= 4 is 17.6 Å². The summed E-state index contributed by atoms with van der Waals surface area (Å²) in [6.07, 6.45) is 0.213. The highest BCUT2D eigenvalue weighted by Crippen LogP contribution is 2.34. The Bertz CT molecular complexity index is 512. The van der Waals surface area contributed by atoms with Crippen LogP contribution in [0.3, 0.4) is 0 Å². The quantitative estimate of drug-likeness (QED) is 0.724. The van der Waals surface area contributed by atoms with Crippen LogP contribution in [0.15, 0.2) is 0 Å². The highest BCUT2D eigenvalue weighted by atomic mass is 16.5. The van der Waals surface area contributed by atoms with E-state index in [-0.39, 0.29) is 54.9 Å². The second-order valence-electron chi connectivity index (χ2n) is 8.16. The highest BCUT2D eigenvalue weighted by Gasteiger charge is 2.46. The first-order chi connectivity index (χ1) is 12.2. The number of hydrogen-bond acceptors (Lipinski definition) is 5. The number of rotatable bonds is 2. The zero-order chi connectivity index (χ0) is 19.0. The number of carbonyl (C=O) groups excluding carboxylic acids is 3. The summed E-state index contributed by atoms with van der Waals surface area (Å²) < 4.78 is 11.4. The number of amides is 2. The third-order valence-corrected chi connectivity index (χ3v) is 5.48. The molecule has 0 spiro atoms. The molecule has 7 nitrogen and oxygen atoms in total. The van der Waals surface area contributed by atoms with Gasteiger partial charge in [-0.2, -0.15) is 0 Å². The van der Waals surface area contributed by atoms with Crippen LogP contribution >= 0.6 is 0 Å². The Labute approximate surface area is 155 Å². The maximum Gasteiger partial charge on any atom is 0.227 e. The molecule has 0 radical (unpaired) electrons. The Kier molecular flexibility index (Phi) is 5.67. The molecule has 6 atom stereocenters. The topological polar surface area (TPSA) is 76.2 Å². The SMILES string of the molecule is C[C@@H]1CN(C(=O)[C@@H]2CC(=O)C[C@@H]2C(=O)N2C[C@H](C)O[C@@H](C)C2)C[C@H](C)O1. The van der Waals surface area contributed by atoms with Crippen molar-refractivity contribution in [2.24, 2.45) is 11.8 Å². The van der Waals surface area contributed by atoms with Gasteiger partial charge in [0.25, 0.3) is 0 Å². The number of carbonyl (C=O) groups is 3. The predicted molar refractivity (Wildman–Crippen MR) is 94.4 cm³/mol. The lowest BCUT2D eigenvalue weighted by Crippen LogP contribution is -2.53. The average Bonchev–Trinajstić information content (AvgIpc) is 2.93. The summed E-state index contributed by atoms with van der Waals surface area (Å²) in [5, 5.41) is 0. The summed E-state index contributed by atoms with van der Waals surface area (Å²) in [6.45, 7) is 9.81. The van der Waals surface area contributed by atoms with Gasteiger partial charge in [-0.25, -0.2) is 0 Å². The van der Waals surface area contributed by atoms with E-state index in [1.807, 2.05) is 27.7 Å². The van der Waals surface area contributed by atoms with E-state index < -0.39 is 11.8 Å². The summed E-state index contributed by atoms with van der Waals surface area (Å²) >= 11 is 0. The van der Waals surface area contributed by atoms with Gasteiger partial charge < -0.3 is 19.3 Å². The van der Waals surface area contributed by atoms with Crippen molar-refractivity contribution in [1.82, 2.24) is 9.80 Å². The smallest absolute Gasteiger partial charge is 0.227 e. The van der Waals surface area contributed by atoms with E-state index in [0.29, 0.717) is 26.2 Å². The zero-order valence-electron chi connectivity index (χ0n) is 16.1. The van der Waals surface area contributed by atoms with Gasteiger partial charge in [-0.15, -0.1) is 0 Å². The van der Waals surface area contributed by atoms with Crippen molar-refractivity contribution in [2.45, 2.75) is 65.0 Å². The Balaban J connectivity index is 1.72. The largest absolute Gasteiger partial charge is 0.372 e. The van der Waals surface area contributed by atoms with Gasteiger partial charge >= 0.3 is 0 Å². The third kappa shape index (κ3) is 4.09. The number of hydrogen-bond donors (Lipinski definition) is 0. The summed E-state index contributed by atoms with van der Waals surface area (Å²) in [7, 11) is 0. The van der Waals surface area contributed by atoms with Crippen LogP contribution in [0, 0.1) is 11.8 Å². The van der Waals surface area contributed by atoms with Gasteiger partial charge in [-0.1, -0.05) is 0 Å². The van der Waals surface area contributed by atoms with Crippen molar-refractivity contribution < 1.29 is 23.9 Å². The Morgan fingerprint density at radius 3 is 1.35 bits per heavy atom. The fourth-order valence-electron chi connectivity index (χ4n) is 4.56. The molecule has 0 bridgehead atoms. The molecule has 0 aromatic carbocycles. The van der Waals surface area contributed by atoms with Gasteiger partial charge in [0.2, 0.25) is 11.8 Å². The van der Waals surface area contributed by atoms with Gasteiger partial charge in [0, 0.05) is 39.0 Å². The molecule has 0 aromatic rings. The van der Waals surface area contributed by atoms with Crippen LogP contribution in [0.25, 0.3) is 0 Å². The second kappa shape index (κ2) is 7.64. The first-order valence-corrected chi connectivity index (χ1v) is 9.64. The summed E-state index contributed by atoms with van der Waals surface area (Å²) in [5.41, 5.74) is 0. The first-order valence-electron chi connectivity index (χ1n) is 9.64. The van der Waals surface area contributed by atoms with Crippen LogP contribution in [0.1, 0.15) is 40.5 Å². The standard InChI is InChI=1S/C19H30N2O5/c1-11-7-20(8-12(2)25-11)18(23)16-5-15(22)6-17(16)19(24)21-9-13(3)26-14(4)10-21/h11-14,16-17H,5-10H2,1-4H3/t11-,12-,13-,14+,16-,17+/m0/s1. The molecule has 1 saturated carbocycles. The average molecular weight is 366 g/mol. The van der Waals surface area contributed by atoms with E-state index in [4.69, 9.17) is 9.47 Å². The molecular formula is C19H30N2O5. The Morgan fingerprint density at radius 1 is 0.731 bits per heavy atom. The van der Waals surface area contributed by atoms with Gasteiger partial charge in [-0.05, 0) is 27.7 Å². The number of nitrogens with zero attached hydrogens (tertiary/aromatic N) is 2. The van der Waals surface area contributed by atoms with E-state index in [0.717, 1.165) is 0 Å². The predicted octanol–water partition coefficient (Wildman–Crippen LogP) is 0.853. The molecule has 3 aliphatic rings.